The molecular weight excluding hydrogens is 271 g/mol. The minimum atomic E-state index is -0.391. The highest BCUT2D eigenvalue weighted by Crippen LogP contribution is 2.21. The standard InChI is InChI=1S/C16H11FN2O2/c17-13-8-6-12(7-9-13)16(20)18-15-10-14(19-21-15)11-4-2-1-3-5-11/h1-10H,(H,18,20). The first-order valence-corrected chi connectivity index (χ1v) is 6.31. The molecule has 3 aromatic rings. The Balaban J connectivity index is 1.75. The highest BCUT2D eigenvalue weighted by molar-refractivity contribution is 6.03. The summed E-state index contributed by atoms with van der Waals surface area (Å²) in [4.78, 5) is 11.9. The zero-order valence-electron chi connectivity index (χ0n) is 10.9. The van der Waals surface area contributed by atoms with Gasteiger partial charge in [0.15, 0.2) is 0 Å². The lowest BCUT2D eigenvalue weighted by molar-refractivity contribution is 0.102. The summed E-state index contributed by atoms with van der Waals surface area (Å²) in [5.41, 5.74) is 1.86. The summed E-state index contributed by atoms with van der Waals surface area (Å²) in [5.74, 6) is -0.536. The van der Waals surface area contributed by atoms with Crippen LogP contribution in [0.1, 0.15) is 10.4 Å². The van der Waals surface area contributed by atoms with E-state index in [9.17, 15) is 9.18 Å². The van der Waals surface area contributed by atoms with Gasteiger partial charge < -0.3 is 4.52 Å². The second-order valence-corrected chi connectivity index (χ2v) is 4.40. The summed E-state index contributed by atoms with van der Waals surface area (Å²) < 4.78 is 17.9. The molecule has 4 nitrogen and oxygen atoms in total. The lowest BCUT2D eigenvalue weighted by Crippen LogP contribution is -2.11. The largest absolute Gasteiger partial charge is 0.338 e. The molecule has 1 N–H and O–H groups in total. The van der Waals surface area contributed by atoms with Crippen LogP contribution in [0.5, 0.6) is 0 Å². The number of nitrogens with one attached hydrogen (secondary N) is 1. The number of carbonyl (C=O) groups excluding carboxylic acids is 1. The molecule has 0 atom stereocenters. The average Bonchev–Trinajstić information content (AvgIpc) is 2.97. The Morgan fingerprint density at radius 1 is 1.05 bits per heavy atom. The first-order valence-electron chi connectivity index (χ1n) is 6.31. The van der Waals surface area contributed by atoms with E-state index in [2.05, 4.69) is 10.5 Å². The molecule has 104 valence electrons. The van der Waals surface area contributed by atoms with Crippen LogP contribution in [0.2, 0.25) is 0 Å². The van der Waals surface area contributed by atoms with Gasteiger partial charge >= 0.3 is 0 Å². The van der Waals surface area contributed by atoms with E-state index in [4.69, 9.17) is 4.52 Å². The van der Waals surface area contributed by atoms with Crippen LogP contribution in [-0.4, -0.2) is 11.1 Å². The number of carbonyl (C=O) groups is 1. The molecule has 0 aliphatic heterocycles. The van der Waals surface area contributed by atoms with Gasteiger partial charge in [-0.05, 0) is 24.3 Å². The normalized spacial score (nSPS) is 10.3. The van der Waals surface area contributed by atoms with Crippen LogP contribution in [-0.2, 0) is 0 Å². The summed E-state index contributed by atoms with van der Waals surface area (Å²) in [6, 6.07) is 16.4. The molecule has 5 heteroatoms. The molecule has 0 radical (unpaired) electrons. The van der Waals surface area contributed by atoms with Crippen molar-refractivity contribution in [2.75, 3.05) is 5.32 Å². The summed E-state index contributed by atoms with van der Waals surface area (Å²) in [5, 5.41) is 6.47. The van der Waals surface area contributed by atoms with Gasteiger partial charge in [0.2, 0.25) is 5.88 Å². The van der Waals surface area contributed by atoms with Gasteiger partial charge in [0.25, 0.3) is 5.91 Å². The van der Waals surface area contributed by atoms with Gasteiger partial charge in [0.1, 0.15) is 11.5 Å². The van der Waals surface area contributed by atoms with E-state index >= 15 is 0 Å². The molecule has 0 fully saturated rings. The minimum Gasteiger partial charge on any atom is -0.338 e. The van der Waals surface area contributed by atoms with E-state index in [-0.39, 0.29) is 11.8 Å². The van der Waals surface area contributed by atoms with Gasteiger partial charge in [0, 0.05) is 17.2 Å². The fourth-order valence-electron chi connectivity index (χ4n) is 1.86. The summed E-state index contributed by atoms with van der Waals surface area (Å²) in [6.45, 7) is 0. The van der Waals surface area contributed by atoms with E-state index in [1.165, 1.54) is 24.3 Å². The number of nitrogens with zero attached hydrogens (tertiary/aromatic N) is 1. The molecule has 0 aliphatic carbocycles. The molecule has 1 heterocycles. The second-order valence-electron chi connectivity index (χ2n) is 4.40. The quantitative estimate of drug-likeness (QED) is 0.796. The summed E-state index contributed by atoms with van der Waals surface area (Å²) in [6.07, 6.45) is 0. The van der Waals surface area contributed by atoms with E-state index in [0.29, 0.717) is 11.3 Å². The van der Waals surface area contributed by atoms with Crippen LogP contribution in [0.25, 0.3) is 11.3 Å². The van der Waals surface area contributed by atoms with Gasteiger partial charge in [0.05, 0.1) is 0 Å². The topological polar surface area (TPSA) is 55.1 Å². The molecule has 0 aliphatic rings. The van der Waals surface area contributed by atoms with E-state index < -0.39 is 5.82 Å². The lowest BCUT2D eigenvalue weighted by Gasteiger charge is -2.00. The van der Waals surface area contributed by atoms with Crippen LogP contribution in [0.15, 0.2) is 65.2 Å². The monoisotopic (exact) mass is 282 g/mol. The van der Waals surface area contributed by atoms with Gasteiger partial charge in [-0.3, -0.25) is 10.1 Å². The van der Waals surface area contributed by atoms with Crippen molar-refractivity contribution >= 4 is 11.8 Å². The molecule has 2 aromatic carbocycles. The second kappa shape index (κ2) is 5.58. The van der Waals surface area contributed by atoms with Crippen LogP contribution in [0, 0.1) is 5.82 Å². The maximum Gasteiger partial charge on any atom is 0.258 e. The Bertz CT molecular complexity index is 751. The van der Waals surface area contributed by atoms with Crippen molar-refractivity contribution in [1.82, 2.24) is 5.16 Å². The maximum absolute atomic E-state index is 12.8. The molecule has 0 spiro atoms. The minimum absolute atomic E-state index is 0.239. The van der Waals surface area contributed by atoms with E-state index in [0.717, 1.165) is 5.56 Å². The molecule has 3 rings (SSSR count). The maximum atomic E-state index is 12.8. The fraction of sp³-hybridized carbons (Fsp3) is 0. The SMILES string of the molecule is O=C(Nc1cc(-c2ccccc2)no1)c1ccc(F)cc1. The number of hydrogen-bond acceptors (Lipinski definition) is 3. The number of hydrogen-bond donors (Lipinski definition) is 1. The summed E-state index contributed by atoms with van der Waals surface area (Å²) >= 11 is 0. The Labute approximate surface area is 120 Å². The van der Waals surface area contributed by atoms with Crippen LogP contribution >= 0.6 is 0 Å². The Hall–Kier alpha value is -2.95. The van der Waals surface area contributed by atoms with Crippen molar-refractivity contribution < 1.29 is 13.7 Å². The van der Waals surface area contributed by atoms with Crippen LogP contribution in [0.3, 0.4) is 0 Å². The van der Waals surface area contributed by atoms with Crippen molar-refractivity contribution in [3.05, 3.63) is 72.0 Å². The zero-order valence-corrected chi connectivity index (χ0v) is 10.9. The van der Waals surface area contributed by atoms with Crippen LogP contribution in [0.4, 0.5) is 10.3 Å². The summed E-state index contributed by atoms with van der Waals surface area (Å²) in [7, 11) is 0. The number of aromatic nitrogens is 1. The first-order chi connectivity index (χ1) is 10.2. The van der Waals surface area contributed by atoms with Gasteiger partial charge in [-0.1, -0.05) is 35.5 Å². The number of benzene rings is 2. The van der Waals surface area contributed by atoms with Gasteiger partial charge in [-0.15, -0.1) is 0 Å². The highest BCUT2D eigenvalue weighted by Gasteiger charge is 2.11. The third-order valence-corrected chi connectivity index (χ3v) is 2.92. The van der Waals surface area contributed by atoms with E-state index in [1.54, 1.807) is 6.07 Å². The molecule has 0 saturated heterocycles. The molecule has 0 saturated carbocycles. The van der Waals surface area contributed by atoms with Crippen LogP contribution < -0.4 is 5.32 Å². The lowest BCUT2D eigenvalue weighted by atomic mass is 10.1. The third-order valence-electron chi connectivity index (χ3n) is 2.92. The number of anilines is 1. The predicted molar refractivity (Wildman–Crippen MR) is 76.3 cm³/mol. The Morgan fingerprint density at radius 2 is 1.76 bits per heavy atom. The molecule has 0 bridgehead atoms. The van der Waals surface area contributed by atoms with Gasteiger partial charge in [-0.2, -0.15) is 0 Å². The smallest absolute Gasteiger partial charge is 0.258 e. The average molecular weight is 282 g/mol. The number of amides is 1. The molecular formula is C16H11FN2O2. The van der Waals surface area contributed by atoms with Crippen molar-refractivity contribution in [3.63, 3.8) is 0 Å². The van der Waals surface area contributed by atoms with Crippen molar-refractivity contribution in [2.24, 2.45) is 0 Å². The van der Waals surface area contributed by atoms with Crippen molar-refractivity contribution in [3.8, 4) is 11.3 Å². The number of rotatable bonds is 3. The third kappa shape index (κ3) is 2.97. The Morgan fingerprint density at radius 3 is 2.48 bits per heavy atom. The fourth-order valence-corrected chi connectivity index (χ4v) is 1.86. The van der Waals surface area contributed by atoms with Crippen molar-refractivity contribution in [2.45, 2.75) is 0 Å². The predicted octanol–water partition coefficient (Wildman–Crippen LogP) is 3.73. The molecule has 1 aromatic heterocycles. The number of halogens is 1. The first kappa shape index (κ1) is 13.1. The van der Waals surface area contributed by atoms with E-state index in [1.807, 2.05) is 30.3 Å². The molecule has 1 amide bonds. The highest BCUT2D eigenvalue weighted by atomic mass is 19.1. The molecule has 0 unspecified atom stereocenters. The van der Waals surface area contributed by atoms with Gasteiger partial charge in [-0.25, -0.2) is 4.39 Å². The Kier molecular flexibility index (Phi) is 3.47. The van der Waals surface area contributed by atoms with Crippen molar-refractivity contribution in [1.29, 1.82) is 0 Å². The zero-order chi connectivity index (χ0) is 14.7. The molecule has 21 heavy (non-hydrogen) atoms.